The van der Waals surface area contributed by atoms with E-state index in [-0.39, 0.29) is 0 Å². The lowest BCUT2D eigenvalue weighted by Gasteiger charge is -2.16. The maximum atomic E-state index is 4.29. The molecule has 2 aromatic rings. The van der Waals surface area contributed by atoms with Crippen molar-refractivity contribution in [2.45, 2.75) is 32.6 Å². The number of benzene rings is 1. The molecule has 0 amide bonds. The SMILES string of the molecule is CC(Cn1cc(Br)cn1)Nc1ccc2c(c1)CN(C)C2. The van der Waals surface area contributed by atoms with E-state index in [1.165, 1.54) is 16.8 Å². The molecule has 1 aliphatic heterocycles. The fourth-order valence-electron chi connectivity index (χ4n) is 2.70. The first-order valence-corrected chi connectivity index (χ1v) is 7.64. The molecule has 1 aromatic carbocycles. The quantitative estimate of drug-likeness (QED) is 0.932. The summed E-state index contributed by atoms with van der Waals surface area (Å²) in [6.07, 6.45) is 3.81. The van der Waals surface area contributed by atoms with Crippen LogP contribution in [-0.4, -0.2) is 27.8 Å². The molecule has 1 atom stereocenters. The van der Waals surface area contributed by atoms with E-state index < -0.39 is 0 Å². The van der Waals surface area contributed by atoms with Crippen LogP contribution in [0.3, 0.4) is 0 Å². The predicted molar refractivity (Wildman–Crippen MR) is 84.6 cm³/mol. The molecule has 0 saturated heterocycles. The lowest BCUT2D eigenvalue weighted by Crippen LogP contribution is -2.22. The molecule has 0 saturated carbocycles. The van der Waals surface area contributed by atoms with Crippen LogP contribution >= 0.6 is 15.9 Å². The molecule has 1 unspecified atom stereocenters. The third-order valence-corrected chi connectivity index (χ3v) is 3.97. The van der Waals surface area contributed by atoms with Gasteiger partial charge in [0.2, 0.25) is 0 Å². The van der Waals surface area contributed by atoms with Crippen LogP contribution in [0.2, 0.25) is 0 Å². The molecule has 3 rings (SSSR count). The van der Waals surface area contributed by atoms with E-state index in [9.17, 15) is 0 Å². The number of rotatable bonds is 4. The molecule has 1 N–H and O–H groups in total. The highest BCUT2D eigenvalue weighted by Crippen LogP contribution is 2.24. The number of hydrogen-bond donors (Lipinski definition) is 1. The highest BCUT2D eigenvalue weighted by molar-refractivity contribution is 9.10. The van der Waals surface area contributed by atoms with Gasteiger partial charge in [-0.15, -0.1) is 0 Å². The zero-order valence-electron chi connectivity index (χ0n) is 11.8. The van der Waals surface area contributed by atoms with Crippen LogP contribution in [0, 0.1) is 0 Å². The Kier molecular flexibility index (Phi) is 3.81. The molecule has 0 radical (unpaired) electrons. The van der Waals surface area contributed by atoms with Crippen molar-refractivity contribution in [2.75, 3.05) is 12.4 Å². The van der Waals surface area contributed by atoms with E-state index in [0.29, 0.717) is 6.04 Å². The molecule has 0 spiro atoms. The number of anilines is 1. The number of fused-ring (bicyclic) bond motifs is 1. The molecule has 20 heavy (non-hydrogen) atoms. The minimum absolute atomic E-state index is 0.332. The van der Waals surface area contributed by atoms with Crippen LogP contribution in [-0.2, 0) is 19.6 Å². The van der Waals surface area contributed by atoms with Crippen molar-refractivity contribution in [2.24, 2.45) is 0 Å². The Morgan fingerprint density at radius 1 is 1.35 bits per heavy atom. The predicted octanol–water partition coefficient (Wildman–Crippen LogP) is 3.09. The average Bonchev–Trinajstić information content (AvgIpc) is 2.93. The fraction of sp³-hybridized carbons (Fsp3) is 0.400. The lowest BCUT2D eigenvalue weighted by molar-refractivity contribution is 0.353. The zero-order chi connectivity index (χ0) is 14.1. The molecule has 4 nitrogen and oxygen atoms in total. The van der Waals surface area contributed by atoms with Gasteiger partial charge in [-0.3, -0.25) is 9.58 Å². The third kappa shape index (κ3) is 3.04. The van der Waals surface area contributed by atoms with Gasteiger partial charge < -0.3 is 5.32 Å². The summed E-state index contributed by atoms with van der Waals surface area (Å²) in [5.74, 6) is 0. The molecule has 1 aromatic heterocycles. The number of nitrogens with one attached hydrogen (secondary N) is 1. The zero-order valence-corrected chi connectivity index (χ0v) is 13.4. The van der Waals surface area contributed by atoms with E-state index in [1.807, 2.05) is 17.1 Å². The van der Waals surface area contributed by atoms with Gasteiger partial charge in [-0.2, -0.15) is 5.10 Å². The third-order valence-electron chi connectivity index (χ3n) is 3.56. The van der Waals surface area contributed by atoms with Crippen molar-refractivity contribution in [3.8, 4) is 0 Å². The first kappa shape index (κ1) is 13.6. The van der Waals surface area contributed by atoms with Crippen LogP contribution in [0.5, 0.6) is 0 Å². The second-order valence-electron chi connectivity index (χ2n) is 5.58. The fourth-order valence-corrected chi connectivity index (χ4v) is 3.03. The summed E-state index contributed by atoms with van der Waals surface area (Å²) in [6, 6.07) is 7.01. The summed E-state index contributed by atoms with van der Waals surface area (Å²) >= 11 is 3.42. The van der Waals surface area contributed by atoms with Gasteiger partial charge in [0.25, 0.3) is 0 Å². The second-order valence-corrected chi connectivity index (χ2v) is 6.50. The Balaban J connectivity index is 1.64. The first-order valence-electron chi connectivity index (χ1n) is 6.85. The maximum absolute atomic E-state index is 4.29. The van der Waals surface area contributed by atoms with Crippen molar-refractivity contribution in [3.05, 3.63) is 46.2 Å². The van der Waals surface area contributed by atoms with Gasteiger partial charge in [-0.1, -0.05) is 6.07 Å². The molecule has 1 aliphatic rings. The second kappa shape index (κ2) is 5.58. The van der Waals surface area contributed by atoms with Crippen molar-refractivity contribution in [1.82, 2.24) is 14.7 Å². The Morgan fingerprint density at radius 2 is 2.15 bits per heavy atom. The molecule has 106 valence electrons. The van der Waals surface area contributed by atoms with Crippen LogP contribution in [0.4, 0.5) is 5.69 Å². The van der Waals surface area contributed by atoms with E-state index in [2.05, 4.69) is 63.4 Å². The van der Waals surface area contributed by atoms with Gasteiger partial charge in [0, 0.05) is 31.0 Å². The van der Waals surface area contributed by atoms with Crippen LogP contribution in [0.25, 0.3) is 0 Å². The molecular formula is C15H19BrN4. The van der Waals surface area contributed by atoms with Crippen LogP contribution in [0.15, 0.2) is 35.1 Å². The Hall–Kier alpha value is -1.33. The van der Waals surface area contributed by atoms with Gasteiger partial charge in [0.1, 0.15) is 0 Å². The summed E-state index contributed by atoms with van der Waals surface area (Å²) in [5.41, 5.74) is 4.08. The normalized spacial score (nSPS) is 16.1. The number of nitrogens with zero attached hydrogens (tertiary/aromatic N) is 3. The highest BCUT2D eigenvalue weighted by atomic mass is 79.9. The van der Waals surface area contributed by atoms with Crippen LogP contribution < -0.4 is 5.32 Å². The molecule has 0 bridgehead atoms. The van der Waals surface area contributed by atoms with Crippen molar-refractivity contribution < 1.29 is 0 Å². The largest absolute Gasteiger partial charge is 0.381 e. The van der Waals surface area contributed by atoms with Crippen LogP contribution in [0.1, 0.15) is 18.1 Å². The van der Waals surface area contributed by atoms with Crippen molar-refractivity contribution in [1.29, 1.82) is 0 Å². The summed E-state index contributed by atoms with van der Waals surface area (Å²) < 4.78 is 2.97. The van der Waals surface area contributed by atoms with E-state index >= 15 is 0 Å². The Morgan fingerprint density at radius 3 is 2.90 bits per heavy atom. The summed E-state index contributed by atoms with van der Waals surface area (Å²) in [6.45, 7) is 5.13. The van der Waals surface area contributed by atoms with Crippen molar-refractivity contribution in [3.63, 3.8) is 0 Å². The van der Waals surface area contributed by atoms with E-state index in [4.69, 9.17) is 0 Å². The summed E-state index contributed by atoms with van der Waals surface area (Å²) in [5, 5.41) is 7.84. The van der Waals surface area contributed by atoms with E-state index in [0.717, 1.165) is 24.1 Å². The molecule has 2 heterocycles. The lowest BCUT2D eigenvalue weighted by atomic mass is 10.1. The standard InChI is InChI=1S/C15H19BrN4/c1-11(7-20-10-14(16)6-17-20)18-15-4-3-12-8-19(2)9-13(12)5-15/h3-6,10-11,18H,7-9H2,1-2H3. The Labute approximate surface area is 127 Å². The topological polar surface area (TPSA) is 33.1 Å². The van der Waals surface area contributed by atoms with Gasteiger partial charge >= 0.3 is 0 Å². The number of hydrogen-bond acceptors (Lipinski definition) is 3. The first-order chi connectivity index (χ1) is 9.60. The number of aromatic nitrogens is 2. The van der Waals surface area contributed by atoms with Gasteiger partial charge in [-0.05, 0) is 53.2 Å². The molecular weight excluding hydrogens is 316 g/mol. The van der Waals surface area contributed by atoms with Gasteiger partial charge in [-0.25, -0.2) is 0 Å². The summed E-state index contributed by atoms with van der Waals surface area (Å²) in [7, 11) is 2.16. The molecule has 0 aliphatic carbocycles. The number of halogens is 1. The summed E-state index contributed by atoms with van der Waals surface area (Å²) in [4.78, 5) is 2.33. The minimum Gasteiger partial charge on any atom is -0.381 e. The maximum Gasteiger partial charge on any atom is 0.0632 e. The minimum atomic E-state index is 0.332. The Bertz CT molecular complexity index is 608. The monoisotopic (exact) mass is 334 g/mol. The molecule has 0 fully saturated rings. The highest BCUT2D eigenvalue weighted by Gasteiger charge is 2.15. The average molecular weight is 335 g/mol. The van der Waals surface area contributed by atoms with Gasteiger partial charge in [0.15, 0.2) is 0 Å². The smallest absolute Gasteiger partial charge is 0.0632 e. The van der Waals surface area contributed by atoms with Gasteiger partial charge in [0.05, 0.1) is 17.2 Å². The molecule has 5 heteroatoms. The van der Waals surface area contributed by atoms with Crippen molar-refractivity contribution >= 4 is 21.6 Å². The van der Waals surface area contributed by atoms with E-state index in [1.54, 1.807) is 0 Å².